The van der Waals surface area contributed by atoms with Crippen molar-refractivity contribution in [1.29, 1.82) is 0 Å². The van der Waals surface area contributed by atoms with Crippen LogP contribution in [0.25, 0.3) is 0 Å². The Morgan fingerprint density at radius 2 is 1.78 bits per heavy atom. The lowest BCUT2D eigenvalue weighted by Crippen LogP contribution is -2.39. The highest BCUT2D eigenvalue weighted by atomic mass is 16.2. The molecule has 1 aliphatic carbocycles. The molecule has 4 rings (SSSR count). The summed E-state index contributed by atoms with van der Waals surface area (Å²) in [5, 5.41) is 3.43. The van der Waals surface area contributed by atoms with Crippen LogP contribution >= 0.6 is 0 Å². The molecule has 2 atom stereocenters. The number of carbonyl (C=O) groups excluding carboxylic acids is 1. The molecule has 124 valence electrons. The number of likely N-dealkylation sites (tertiary alicyclic amines) is 1. The average molecular weight is 313 g/mol. The minimum absolute atomic E-state index is 0.343. The van der Waals surface area contributed by atoms with Crippen molar-refractivity contribution in [1.82, 2.24) is 15.2 Å². The van der Waals surface area contributed by atoms with E-state index in [1.54, 1.807) is 0 Å². The van der Waals surface area contributed by atoms with Gasteiger partial charge in [0.05, 0.1) is 0 Å². The molecule has 4 heteroatoms. The zero-order valence-electron chi connectivity index (χ0n) is 13.8. The number of pyridine rings is 1. The molecule has 0 spiro atoms. The van der Waals surface area contributed by atoms with Gasteiger partial charge in [0.15, 0.2) is 0 Å². The summed E-state index contributed by atoms with van der Waals surface area (Å²) in [4.78, 5) is 19.0. The number of aromatic nitrogens is 1. The summed E-state index contributed by atoms with van der Waals surface area (Å²) in [6.45, 7) is 4.14. The van der Waals surface area contributed by atoms with E-state index in [4.69, 9.17) is 0 Å². The van der Waals surface area contributed by atoms with Crippen LogP contribution in [-0.4, -0.2) is 42.0 Å². The van der Waals surface area contributed by atoms with Crippen molar-refractivity contribution in [3.05, 3.63) is 30.1 Å². The molecule has 3 fully saturated rings. The van der Waals surface area contributed by atoms with Crippen LogP contribution in [0.5, 0.6) is 0 Å². The van der Waals surface area contributed by atoms with Gasteiger partial charge < -0.3 is 10.2 Å². The van der Waals surface area contributed by atoms with Crippen molar-refractivity contribution in [2.75, 3.05) is 26.2 Å². The first-order chi connectivity index (χ1) is 11.3. The zero-order valence-corrected chi connectivity index (χ0v) is 13.8. The number of carbonyl (C=O) groups is 1. The Balaban J connectivity index is 1.28. The number of nitrogens with zero attached hydrogens (tertiary/aromatic N) is 2. The second kappa shape index (κ2) is 6.60. The standard InChI is InChI=1S/C19H27N3O/c23-19(18-13-17(18)16-3-9-21-10-4-16)22-11-5-15(6-12-22)14-1-7-20-8-2-14/h1-2,7-8,15-18,21H,3-6,9-13H2/t17-,18+/m0/s1. The largest absolute Gasteiger partial charge is 0.342 e. The molecule has 0 bridgehead atoms. The molecule has 1 aromatic rings. The summed E-state index contributed by atoms with van der Waals surface area (Å²) >= 11 is 0. The predicted molar refractivity (Wildman–Crippen MR) is 90.0 cm³/mol. The molecular weight excluding hydrogens is 286 g/mol. The van der Waals surface area contributed by atoms with E-state index in [-0.39, 0.29) is 0 Å². The van der Waals surface area contributed by atoms with Crippen molar-refractivity contribution >= 4 is 5.91 Å². The first-order valence-electron chi connectivity index (χ1n) is 9.22. The van der Waals surface area contributed by atoms with Crippen LogP contribution in [0, 0.1) is 17.8 Å². The Hall–Kier alpha value is -1.42. The molecule has 2 aliphatic heterocycles. The fraction of sp³-hybridized carbons (Fsp3) is 0.684. The molecule has 3 heterocycles. The molecule has 1 saturated carbocycles. The maximum atomic E-state index is 12.8. The number of piperidine rings is 2. The Kier molecular flexibility index (Phi) is 4.34. The minimum Gasteiger partial charge on any atom is -0.342 e. The van der Waals surface area contributed by atoms with Crippen molar-refractivity contribution < 1.29 is 4.79 Å². The lowest BCUT2D eigenvalue weighted by Gasteiger charge is -2.33. The highest BCUT2D eigenvalue weighted by Gasteiger charge is 2.49. The van der Waals surface area contributed by atoms with Gasteiger partial charge >= 0.3 is 0 Å². The van der Waals surface area contributed by atoms with E-state index in [2.05, 4.69) is 27.3 Å². The number of amides is 1. The summed E-state index contributed by atoms with van der Waals surface area (Å²) in [5.74, 6) is 2.86. The van der Waals surface area contributed by atoms with E-state index in [0.29, 0.717) is 23.7 Å². The zero-order chi connectivity index (χ0) is 15.6. The number of hydrogen-bond acceptors (Lipinski definition) is 3. The van der Waals surface area contributed by atoms with Gasteiger partial charge in [0.25, 0.3) is 0 Å². The summed E-state index contributed by atoms with van der Waals surface area (Å²) in [5.41, 5.74) is 1.38. The topological polar surface area (TPSA) is 45.2 Å². The van der Waals surface area contributed by atoms with E-state index in [1.807, 2.05) is 12.4 Å². The van der Waals surface area contributed by atoms with Crippen molar-refractivity contribution in [2.24, 2.45) is 17.8 Å². The van der Waals surface area contributed by atoms with Crippen LogP contribution in [0.4, 0.5) is 0 Å². The Morgan fingerprint density at radius 3 is 2.48 bits per heavy atom. The van der Waals surface area contributed by atoms with Crippen LogP contribution in [-0.2, 0) is 4.79 Å². The molecule has 3 aliphatic rings. The fourth-order valence-corrected chi connectivity index (χ4v) is 4.60. The lowest BCUT2D eigenvalue weighted by molar-refractivity contribution is -0.134. The van der Waals surface area contributed by atoms with Crippen LogP contribution in [0.1, 0.15) is 43.6 Å². The lowest BCUT2D eigenvalue weighted by atomic mass is 9.89. The summed E-state index contributed by atoms with van der Waals surface area (Å²) < 4.78 is 0. The maximum Gasteiger partial charge on any atom is 0.225 e. The van der Waals surface area contributed by atoms with Crippen molar-refractivity contribution in [3.63, 3.8) is 0 Å². The van der Waals surface area contributed by atoms with Crippen LogP contribution in [0.15, 0.2) is 24.5 Å². The summed E-state index contributed by atoms with van der Waals surface area (Å²) in [6, 6.07) is 4.24. The smallest absolute Gasteiger partial charge is 0.225 e. The molecule has 0 radical (unpaired) electrons. The fourth-order valence-electron chi connectivity index (χ4n) is 4.60. The maximum absolute atomic E-state index is 12.8. The highest BCUT2D eigenvalue weighted by molar-refractivity contribution is 5.81. The molecule has 2 saturated heterocycles. The summed E-state index contributed by atoms with van der Waals surface area (Å²) in [7, 11) is 0. The van der Waals surface area contributed by atoms with Gasteiger partial charge in [-0.1, -0.05) is 0 Å². The van der Waals surface area contributed by atoms with Gasteiger partial charge in [0.1, 0.15) is 0 Å². The second-order valence-electron chi connectivity index (χ2n) is 7.47. The van der Waals surface area contributed by atoms with Gasteiger partial charge in [-0.05, 0) is 80.6 Å². The quantitative estimate of drug-likeness (QED) is 0.932. The first kappa shape index (κ1) is 15.1. The van der Waals surface area contributed by atoms with Crippen LogP contribution < -0.4 is 5.32 Å². The van der Waals surface area contributed by atoms with Crippen LogP contribution in [0.3, 0.4) is 0 Å². The van der Waals surface area contributed by atoms with Gasteiger partial charge in [-0.15, -0.1) is 0 Å². The Morgan fingerprint density at radius 1 is 1.09 bits per heavy atom. The minimum atomic E-state index is 0.343. The number of hydrogen-bond donors (Lipinski definition) is 1. The van der Waals surface area contributed by atoms with E-state index in [1.165, 1.54) is 18.4 Å². The predicted octanol–water partition coefficient (Wildman–Crippen LogP) is 2.42. The Labute approximate surface area is 138 Å². The van der Waals surface area contributed by atoms with Crippen molar-refractivity contribution in [3.8, 4) is 0 Å². The van der Waals surface area contributed by atoms with Gasteiger partial charge in [-0.25, -0.2) is 0 Å². The molecule has 1 N–H and O–H groups in total. The first-order valence-corrected chi connectivity index (χ1v) is 9.22. The Bertz CT molecular complexity index is 533. The normalized spacial score (nSPS) is 29.5. The average Bonchev–Trinajstić information content (AvgIpc) is 3.44. The molecule has 23 heavy (non-hydrogen) atoms. The third-order valence-electron chi connectivity index (χ3n) is 6.13. The van der Waals surface area contributed by atoms with Gasteiger partial charge in [-0.3, -0.25) is 9.78 Å². The molecular formula is C19H27N3O. The number of rotatable bonds is 3. The van der Waals surface area contributed by atoms with E-state index < -0.39 is 0 Å². The molecule has 0 unspecified atom stereocenters. The van der Waals surface area contributed by atoms with E-state index >= 15 is 0 Å². The second-order valence-corrected chi connectivity index (χ2v) is 7.47. The summed E-state index contributed by atoms with van der Waals surface area (Å²) in [6.07, 6.45) is 9.62. The van der Waals surface area contributed by atoms with Gasteiger partial charge in [0.2, 0.25) is 5.91 Å². The highest BCUT2D eigenvalue weighted by Crippen LogP contribution is 2.48. The van der Waals surface area contributed by atoms with E-state index in [9.17, 15) is 4.79 Å². The van der Waals surface area contributed by atoms with E-state index in [0.717, 1.165) is 51.4 Å². The molecule has 0 aromatic carbocycles. The molecule has 1 amide bonds. The van der Waals surface area contributed by atoms with Gasteiger partial charge in [-0.2, -0.15) is 0 Å². The third kappa shape index (κ3) is 3.27. The third-order valence-corrected chi connectivity index (χ3v) is 6.13. The monoisotopic (exact) mass is 313 g/mol. The van der Waals surface area contributed by atoms with Gasteiger partial charge in [0, 0.05) is 31.4 Å². The SMILES string of the molecule is O=C([C@@H]1C[C@H]1C1CCNCC1)N1CCC(c2ccncc2)CC1. The molecule has 1 aromatic heterocycles. The van der Waals surface area contributed by atoms with Crippen molar-refractivity contribution in [2.45, 2.75) is 38.0 Å². The molecule has 4 nitrogen and oxygen atoms in total. The van der Waals surface area contributed by atoms with Crippen LogP contribution in [0.2, 0.25) is 0 Å². The number of nitrogens with one attached hydrogen (secondary N) is 1.